The van der Waals surface area contributed by atoms with Crippen molar-refractivity contribution in [3.63, 3.8) is 0 Å². The number of methoxy groups -OCH3 is 1. The Hall–Kier alpha value is -2.57. The van der Waals surface area contributed by atoms with Crippen molar-refractivity contribution in [3.05, 3.63) is 24.3 Å². The molecule has 1 heterocycles. The molecule has 2 aliphatic rings. The lowest BCUT2D eigenvalue weighted by Gasteiger charge is -2.36. The number of carbonyl (C=O) groups excluding carboxylic acids is 3. The van der Waals surface area contributed by atoms with E-state index >= 15 is 0 Å². The van der Waals surface area contributed by atoms with E-state index in [9.17, 15) is 14.4 Å². The number of carbonyl (C=O) groups is 3. The first-order valence-corrected chi connectivity index (χ1v) is 9.07. The van der Waals surface area contributed by atoms with Crippen molar-refractivity contribution in [2.24, 2.45) is 5.92 Å². The monoisotopic (exact) mass is 359 g/mol. The van der Waals surface area contributed by atoms with Gasteiger partial charge in [-0.1, -0.05) is 6.42 Å². The van der Waals surface area contributed by atoms with Crippen LogP contribution in [0.1, 0.15) is 19.3 Å². The lowest BCUT2D eigenvalue weighted by atomic mass is 9.82. The minimum atomic E-state index is -0.625. The van der Waals surface area contributed by atoms with Gasteiger partial charge in [0.2, 0.25) is 11.7 Å². The fourth-order valence-electron chi connectivity index (χ4n) is 3.22. The number of benzene rings is 1. The number of piperazine rings is 1. The minimum absolute atomic E-state index is 0.111. The van der Waals surface area contributed by atoms with Gasteiger partial charge >= 0.3 is 0 Å². The van der Waals surface area contributed by atoms with Crippen molar-refractivity contribution in [2.75, 3.05) is 44.7 Å². The molecule has 0 bridgehead atoms. The molecule has 0 radical (unpaired) electrons. The number of ether oxygens (including phenoxy) is 1. The molecule has 0 aromatic heterocycles. The van der Waals surface area contributed by atoms with E-state index in [4.69, 9.17) is 4.74 Å². The van der Waals surface area contributed by atoms with Gasteiger partial charge in [0.25, 0.3) is 5.91 Å². The summed E-state index contributed by atoms with van der Waals surface area (Å²) in [6.07, 6.45) is 2.57. The van der Waals surface area contributed by atoms with Crippen LogP contribution in [0.2, 0.25) is 0 Å². The number of ketones is 1. The number of hydrogen-bond donors (Lipinski definition) is 1. The molecule has 0 spiro atoms. The lowest BCUT2D eigenvalue weighted by Crippen LogP contribution is -2.52. The largest absolute Gasteiger partial charge is 0.497 e. The molecule has 7 nitrogen and oxygen atoms in total. The smallest absolute Gasteiger partial charge is 0.288 e. The Morgan fingerprint density at radius 2 is 1.73 bits per heavy atom. The highest BCUT2D eigenvalue weighted by atomic mass is 16.5. The predicted molar refractivity (Wildman–Crippen MR) is 97.1 cm³/mol. The van der Waals surface area contributed by atoms with E-state index in [0.29, 0.717) is 13.1 Å². The summed E-state index contributed by atoms with van der Waals surface area (Å²) in [7, 11) is 1.64. The number of Topliss-reactive ketones (excluding diaryl/α,β-unsaturated/α-hetero) is 1. The predicted octanol–water partition coefficient (Wildman–Crippen LogP) is 0.829. The first-order chi connectivity index (χ1) is 12.6. The zero-order valence-corrected chi connectivity index (χ0v) is 15.1. The van der Waals surface area contributed by atoms with Gasteiger partial charge in [0, 0.05) is 37.8 Å². The normalized spacial score (nSPS) is 17.4. The third kappa shape index (κ3) is 4.15. The Labute approximate surface area is 153 Å². The first kappa shape index (κ1) is 18.2. The van der Waals surface area contributed by atoms with Crippen molar-refractivity contribution in [3.8, 4) is 5.75 Å². The van der Waals surface area contributed by atoms with E-state index in [1.807, 2.05) is 24.3 Å². The number of nitrogens with zero attached hydrogens (tertiary/aromatic N) is 2. The molecule has 0 unspecified atom stereocenters. The van der Waals surface area contributed by atoms with Crippen LogP contribution >= 0.6 is 0 Å². The second kappa shape index (κ2) is 8.21. The van der Waals surface area contributed by atoms with E-state index in [0.717, 1.165) is 43.8 Å². The highest BCUT2D eigenvalue weighted by molar-refractivity contribution is 6.37. The summed E-state index contributed by atoms with van der Waals surface area (Å²) in [5, 5.41) is 2.48. The number of rotatable bonds is 6. The van der Waals surface area contributed by atoms with Crippen molar-refractivity contribution < 1.29 is 19.1 Å². The molecule has 140 valence electrons. The van der Waals surface area contributed by atoms with Gasteiger partial charge in [0.05, 0.1) is 13.7 Å². The maximum atomic E-state index is 12.3. The van der Waals surface area contributed by atoms with Gasteiger partial charge in [0.1, 0.15) is 5.75 Å². The van der Waals surface area contributed by atoms with Crippen LogP contribution in [0.4, 0.5) is 5.69 Å². The van der Waals surface area contributed by atoms with Crippen LogP contribution in [0.25, 0.3) is 0 Å². The van der Waals surface area contributed by atoms with E-state index < -0.39 is 5.91 Å². The summed E-state index contributed by atoms with van der Waals surface area (Å²) in [6.45, 7) is 2.54. The quantitative estimate of drug-likeness (QED) is 0.761. The molecule has 7 heteroatoms. The Morgan fingerprint density at radius 1 is 1.08 bits per heavy atom. The third-order valence-corrected chi connectivity index (χ3v) is 5.17. The number of nitrogens with one attached hydrogen (secondary N) is 1. The molecule has 1 aliphatic carbocycles. The second-order valence-electron chi connectivity index (χ2n) is 6.74. The Morgan fingerprint density at radius 3 is 2.27 bits per heavy atom. The highest BCUT2D eigenvalue weighted by Crippen LogP contribution is 2.27. The van der Waals surface area contributed by atoms with Crippen molar-refractivity contribution in [2.45, 2.75) is 19.3 Å². The molecule has 2 amide bonds. The van der Waals surface area contributed by atoms with E-state index in [1.54, 1.807) is 12.0 Å². The SMILES string of the molecule is COc1ccc(N2CCN(C(=O)CNC(=O)C(=O)C3CCC3)CC2)cc1. The summed E-state index contributed by atoms with van der Waals surface area (Å²) in [5.41, 5.74) is 1.09. The Balaban J connectivity index is 1.42. The van der Waals surface area contributed by atoms with Gasteiger partial charge in [-0.3, -0.25) is 14.4 Å². The number of hydrogen-bond acceptors (Lipinski definition) is 5. The molecule has 1 aromatic rings. The van der Waals surface area contributed by atoms with Crippen molar-refractivity contribution in [1.82, 2.24) is 10.2 Å². The summed E-state index contributed by atoms with van der Waals surface area (Å²) in [4.78, 5) is 39.8. The average molecular weight is 359 g/mol. The summed E-state index contributed by atoms with van der Waals surface area (Å²) in [5.74, 6) is -0.477. The van der Waals surface area contributed by atoms with Gasteiger partial charge in [-0.2, -0.15) is 0 Å². The third-order valence-electron chi connectivity index (χ3n) is 5.17. The van der Waals surface area contributed by atoms with Crippen LogP contribution in [-0.4, -0.2) is 62.3 Å². The van der Waals surface area contributed by atoms with E-state index in [1.165, 1.54) is 0 Å². The molecule has 1 aromatic carbocycles. The van der Waals surface area contributed by atoms with Crippen molar-refractivity contribution in [1.29, 1.82) is 0 Å². The lowest BCUT2D eigenvalue weighted by molar-refractivity contribution is -0.142. The molecule has 0 atom stereocenters. The molecule has 1 aliphatic heterocycles. The first-order valence-electron chi connectivity index (χ1n) is 9.07. The van der Waals surface area contributed by atoms with Gasteiger partial charge < -0.3 is 19.9 Å². The van der Waals surface area contributed by atoms with Crippen LogP contribution in [0.5, 0.6) is 5.75 Å². The number of amides is 2. The summed E-state index contributed by atoms with van der Waals surface area (Å²) < 4.78 is 5.16. The van der Waals surface area contributed by atoms with Crippen LogP contribution in [0.3, 0.4) is 0 Å². The van der Waals surface area contributed by atoms with Crippen LogP contribution in [-0.2, 0) is 14.4 Å². The molecular weight excluding hydrogens is 334 g/mol. The fraction of sp³-hybridized carbons (Fsp3) is 0.526. The Kier molecular flexibility index (Phi) is 5.75. The fourth-order valence-corrected chi connectivity index (χ4v) is 3.22. The van der Waals surface area contributed by atoms with E-state index in [-0.39, 0.29) is 24.2 Å². The zero-order valence-electron chi connectivity index (χ0n) is 15.1. The van der Waals surface area contributed by atoms with E-state index in [2.05, 4.69) is 10.2 Å². The highest BCUT2D eigenvalue weighted by Gasteiger charge is 2.30. The topological polar surface area (TPSA) is 79.0 Å². The zero-order chi connectivity index (χ0) is 18.5. The molecule has 1 N–H and O–H groups in total. The standard InChI is InChI=1S/C19H25N3O4/c1-26-16-7-5-15(6-8-16)21-9-11-22(12-10-21)17(23)13-20-19(25)18(24)14-3-2-4-14/h5-8,14H,2-4,9-13H2,1H3,(H,20,25). The summed E-state index contributed by atoms with van der Waals surface area (Å²) in [6, 6.07) is 7.84. The molecule has 2 fully saturated rings. The summed E-state index contributed by atoms with van der Waals surface area (Å²) >= 11 is 0. The van der Waals surface area contributed by atoms with Crippen LogP contribution in [0.15, 0.2) is 24.3 Å². The van der Waals surface area contributed by atoms with Gasteiger partial charge in [-0.05, 0) is 37.1 Å². The molecule has 1 saturated heterocycles. The molecule has 1 saturated carbocycles. The van der Waals surface area contributed by atoms with Gasteiger partial charge in [0.15, 0.2) is 0 Å². The second-order valence-corrected chi connectivity index (χ2v) is 6.74. The average Bonchev–Trinajstić information content (AvgIpc) is 2.64. The molecule has 26 heavy (non-hydrogen) atoms. The molecule has 3 rings (SSSR count). The molecular formula is C19H25N3O4. The van der Waals surface area contributed by atoms with Gasteiger partial charge in [-0.25, -0.2) is 0 Å². The van der Waals surface area contributed by atoms with Crippen LogP contribution in [0, 0.1) is 5.92 Å². The Bertz CT molecular complexity index is 662. The van der Waals surface area contributed by atoms with Crippen molar-refractivity contribution >= 4 is 23.3 Å². The maximum Gasteiger partial charge on any atom is 0.288 e. The van der Waals surface area contributed by atoms with Crippen LogP contribution < -0.4 is 15.0 Å². The van der Waals surface area contributed by atoms with Gasteiger partial charge in [-0.15, -0.1) is 0 Å². The minimum Gasteiger partial charge on any atom is -0.497 e. The number of anilines is 1. The maximum absolute atomic E-state index is 12.3.